The van der Waals surface area contributed by atoms with Gasteiger partial charge in [-0.3, -0.25) is 4.99 Å². The summed E-state index contributed by atoms with van der Waals surface area (Å²) in [5.41, 5.74) is 7.89. The topological polar surface area (TPSA) is 96.6 Å². The molecule has 8 heteroatoms. The van der Waals surface area contributed by atoms with Crippen LogP contribution in [0.2, 0.25) is 0 Å². The van der Waals surface area contributed by atoms with Crippen LogP contribution in [0.3, 0.4) is 0 Å². The van der Waals surface area contributed by atoms with E-state index in [4.69, 9.17) is 5.73 Å². The van der Waals surface area contributed by atoms with E-state index < -0.39 is 10.0 Å². The maximum absolute atomic E-state index is 10.8. The lowest BCUT2D eigenvalue weighted by Gasteiger charge is -2.06. The number of nitrogens with one attached hydrogen (secondary N) is 2. The minimum atomic E-state index is -3.13. The first-order valence-corrected chi connectivity index (χ1v) is 8.40. The van der Waals surface area contributed by atoms with Gasteiger partial charge in [-0.25, -0.2) is 13.1 Å². The zero-order valence-corrected chi connectivity index (χ0v) is 15.4. The summed E-state index contributed by atoms with van der Waals surface area (Å²) >= 11 is 0. The number of benzene rings is 1. The van der Waals surface area contributed by atoms with Crippen molar-refractivity contribution in [3.05, 3.63) is 29.8 Å². The first kappa shape index (κ1) is 20.1. The molecule has 0 aromatic heterocycles. The molecule has 0 aliphatic rings. The zero-order chi connectivity index (χ0) is 15.0. The average molecular weight is 426 g/mol. The highest BCUT2D eigenvalue weighted by Gasteiger charge is 1.99. The Bertz CT molecular complexity index is 544. The van der Waals surface area contributed by atoms with Crippen molar-refractivity contribution in [3.63, 3.8) is 0 Å². The largest absolute Gasteiger partial charge is 0.370 e. The molecule has 4 N–H and O–H groups in total. The third-order valence-electron chi connectivity index (χ3n) is 2.62. The summed E-state index contributed by atoms with van der Waals surface area (Å²) < 4.78 is 24.1. The minimum Gasteiger partial charge on any atom is -0.370 e. The highest BCUT2D eigenvalue weighted by molar-refractivity contribution is 14.0. The maximum Gasteiger partial charge on any atom is 0.208 e. The molecule has 21 heavy (non-hydrogen) atoms. The number of nitrogens with two attached hydrogens (primary N) is 1. The molecule has 0 bridgehead atoms. The van der Waals surface area contributed by atoms with Crippen LogP contribution in [0.4, 0.5) is 5.69 Å². The van der Waals surface area contributed by atoms with E-state index in [9.17, 15) is 8.42 Å². The molecule has 1 aromatic carbocycles. The fraction of sp³-hybridized carbons (Fsp3) is 0.462. The number of guanidine groups is 1. The molecule has 1 rings (SSSR count). The van der Waals surface area contributed by atoms with E-state index in [0.717, 1.165) is 18.4 Å². The second-order valence-corrected chi connectivity index (χ2v) is 6.30. The molecule has 0 atom stereocenters. The van der Waals surface area contributed by atoms with Gasteiger partial charge in [0, 0.05) is 18.8 Å². The van der Waals surface area contributed by atoms with Crippen LogP contribution in [-0.4, -0.2) is 33.7 Å². The predicted molar refractivity (Wildman–Crippen MR) is 98.8 cm³/mol. The van der Waals surface area contributed by atoms with E-state index in [1.807, 2.05) is 24.3 Å². The summed E-state index contributed by atoms with van der Waals surface area (Å²) in [5.74, 6) is 0.327. The monoisotopic (exact) mass is 426 g/mol. The van der Waals surface area contributed by atoms with Gasteiger partial charge in [-0.2, -0.15) is 0 Å². The Morgan fingerprint density at radius 3 is 2.43 bits per heavy atom. The molecule has 6 nitrogen and oxygen atoms in total. The van der Waals surface area contributed by atoms with E-state index in [1.54, 1.807) is 0 Å². The molecule has 0 saturated heterocycles. The normalized spacial score (nSPS) is 11.8. The molecule has 0 radical (unpaired) electrons. The number of halogens is 1. The van der Waals surface area contributed by atoms with Gasteiger partial charge in [0.2, 0.25) is 10.0 Å². The number of rotatable bonds is 7. The lowest BCUT2D eigenvalue weighted by Crippen LogP contribution is -2.25. The van der Waals surface area contributed by atoms with Gasteiger partial charge in [-0.15, -0.1) is 24.0 Å². The summed E-state index contributed by atoms with van der Waals surface area (Å²) in [4.78, 5) is 4.13. The van der Waals surface area contributed by atoms with Crippen LogP contribution < -0.4 is 15.8 Å². The summed E-state index contributed by atoms with van der Waals surface area (Å²) in [6.45, 7) is 2.93. The molecule has 0 aliphatic heterocycles. The maximum atomic E-state index is 10.8. The molecule has 0 unspecified atom stereocenters. The van der Waals surface area contributed by atoms with Gasteiger partial charge in [0.05, 0.1) is 6.26 Å². The first-order chi connectivity index (χ1) is 9.40. The Morgan fingerprint density at radius 1 is 1.29 bits per heavy atom. The van der Waals surface area contributed by atoms with Gasteiger partial charge in [-0.1, -0.05) is 19.1 Å². The molecule has 1 aromatic rings. The summed E-state index contributed by atoms with van der Waals surface area (Å²) in [5, 5.41) is 2.99. The lowest BCUT2D eigenvalue weighted by atomic mass is 10.1. The van der Waals surface area contributed by atoms with Crippen molar-refractivity contribution in [1.82, 2.24) is 4.72 Å². The molecule has 0 amide bonds. The molecule has 0 aliphatic carbocycles. The number of aliphatic imine (C=N–C) groups is 1. The van der Waals surface area contributed by atoms with E-state index in [-0.39, 0.29) is 24.0 Å². The third-order valence-corrected chi connectivity index (χ3v) is 3.34. The van der Waals surface area contributed by atoms with Crippen LogP contribution in [0.15, 0.2) is 29.3 Å². The van der Waals surface area contributed by atoms with Crippen LogP contribution in [-0.2, 0) is 16.4 Å². The van der Waals surface area contributed by atoms with Crippen molar-refractivity contribution in [1.29, 1.82) is 0 Å². The van der Waals surface area contributed by atoms with E-state index >= 15 is 0 Å². The summed E-state index contributed by atoms with van der Waals surface area (Å²) in [7, 11) is -3.13. The van der Waals surface area contributed by atoms with Gasteiger partial charge in [0.1, 0.15) is 0 Å². The van der Waals surface area contributed by atoms with Crippen molar-refractivity contribution < 1.29 is 8.42 Å². The number of hydrogen-bond donors (Lipinski definition) is 3. The fourth-order valence-electron chi connectivity index (χ4n) is 1.55. The smallest absolute Gasteiger partial charge is 0.208 e. The molecule has 0 spiro atoms. The Morgan fingerprint density at radius 2 is 1.90 bits per heavy atom. The Hall–Kier alpha value is -0.870. The van der Waals surface area contributed by atoms with Crippen LogP contribution in [0, 0.1) is 0 Å². The molecule has 0 heterocycles. The third kappa shape index (κ3) is 9.64. The van der Waals surface area contributed by atoms with Crippen molar-refractivity contribution >= 4 is 45.6 Å². The highest BCUT2D eigenvalue weighted by Crippen LogP contribution is 2.09. The Labute approximate surface area is 143 Å². The van der Waals surface area contributed by atoms with E-state index in [1.165, 1.54) is 5.56 Å². The Kier molecular flexibility index (Phi) is 9.54. The second-order valence-electron chi connectivity index (χ2n) is 4.46. The number of hydrogen-bond acceptors (Lipinski definition) is 3. The molecule has 120 valence electrons. The van der Waals surface area contributed by atoms with E-state index in [0.29, 0.717) is 25.5 Å². The van der Waals surface area contributed by atoms with Gasteiger partial charge in [-0.05, 0) is 30.5 Å². The Balaban J connectivity index is 0.00000400. The second kappa shape index (κ2) is 9.96. The van der Waals surface area contributed by atoms with Gasteiger partial charge >= 0.3 is 0 Å². The predicted octanol–water partition coefficient (Wildman–Crippen LogP) is 1.53. The van der Waals surface area contributed by atoms with Crippen LogP contribution in [0.25, 0.3) is 0 Å². The van der Waals surface area contributed by atoms with Crippen molar-refractivity contribution in [2.75, 3.05) is 24.7 Å². The van der Waals surface area contributed by atoms with Crippen molar-refractivity contribution in [2.24, 2.45) is 10.7 Å². The SMILES string of the molecule is CCc1ccc(NC(N)=NCCCNS(C)(=O)=O)cc1.I. The molecule has 0 fully saturated rings. The fourth-order valence-corrected chi connectivity index (χ4v) is 2.06. The molecular weight excluding hydrogens is 403 g/mol. The standard InChI is InChI=1S/C13H22N4O2S.HI/c1-3-11-5-7-12(8-6-11)17-13(14)15-9-4-10-16-20(2,18)19;/h5-8,16H,3-4,9-10H2,1-2H3,(H3,14,15,17);1H. The summed E-state index contributed by atoms with van der Waals surface area (Å²) in [6, 6.07) is 7.97. The van der Waals surface area contributed by atoms with Crippen molar-refractivity contribution in [3.8, 4) is 0 Å². The zero-order valence-electron chi connectivity index (χ0n) is 12.3. The van der Waals surface area contributed by atoms with Crippen LogP contribution in [0.1, 0.15) is 18.9 Å². The van der Waals surface area contributed by atoms with Gasteiger partial charge in [0.15, 0.2) is 5.96 Å². The van der Waals surface area contributed by atoms with Crippen LogP contribution >= 0.6 is 24.0 Å². The van der Waals surface area contributed by atoms with Gasteiger partial charge in [0.25, 0.3) is 0 Å². The first-order valence-electron chi connectivity index (χ1n) is 6.51. The molecular formula is C13H23IN4O2S. The number of nitrogens with zero attached hydrogens (tertiary/aromatic N) is 1. The number of anilines is 1. The lowest BCUT2D eigenvalue weighted by molar-refractivity contribution is 0.586. The van der Waals surface area contributed by atoms with Crippen LogP contribution in [0.5, 0.6) is 0 Å². The summed E-state index contributed by atoms with van der Waals surface area (Å²) in [6.07, 6.45) is 2.73. The van der Waals surface area contributed by atoms with E-state index in [2.05, 4.69) is 22.0 Å². The van der Waals surface area contributed by atoms with Crippen molar-refractivity contribution in [2.45, 2.75) is 19.8 Å². The minimum absolute atomic E-state index is 0. The number of sulfonamides is 1. The van der Waals surface area contributed by atoms with Gasteiger partial charge < -0.3 is 11.1 Å². The number of aryl methyl sites for hydroxylation is 1. The average Bonchev–Trinajstić information content (AvgIpc) is 2.38. The quantitative estimate of drug-likeness (QED) is 0.267. The highest BCUT2D eigenvalue weighted by atomic mass is 127. The molecule has 0 saturated carbocycles.